The van der Waals surface area contributed by atoms with Crippen LogP contribution in [-0.2, 0) is 24.2 Å². The van der Waals surface area contributed by atoms with E-state index < -0.39 is 0 Å². The summed E-state index contributed by atoms with van der Waals surface area (Å²) in [5.74, 6) is 0.136. The van der Waals surface area contributed by atoms with Gasteiger partial charge in [0.25, 0.3) is 11.8 Å². The van der Waals surface area contributed by atoms with E-state index >= 15 is 0 Å². The summed E-state index contributed by atoms with van der Waals surface area (Å²) in [4.78, 5) is 37.8. The normalized spacial score (nSPS) is 12.5. The maximum absolute atomic E-state index is 12.5. The van der Waals surface area contributed by atoms with Crippen LogP contribution in [0.3, 0.4) is 0 Å². The molecule has 31 heavy (non-hydrogen) atoms. The van der Waals surface area contributed by atoms with Crippen LogP contribution in [0, 0.1) is 0 Å². The second-order valence-electron chi connectivity index (χ2n) is 7.67. The zero-order valence-corrected chi connectivity index (χ0v) is 17.6. The molecular formula is C24H24N2O5. The number of hydrogen-bond acceptors (Lipinski definition) is 5. The van der Waals surface area contributed by atoms with Crippen molar-refractivity contribution in [1.82, 2.24) is 10.2 Å². The smallest absolute Gasteiger partial charge is 0.339 e. The number of likely N-dealkylation sites (N-methyl/N-ethyl adjacent to an activating group) is 1. The summed E-state index contributed by atoms with van der Waals surface area (Å²) >= 11 is 0. The highest BCUT2D eigenvalue weighted by molar-refractivity contribution is 5.94. The minimum Gasteiger partial charge on any atom is -0.484 e. The van der Waals surface area contributed by atoms with E-state index in [2.05, 4.69) is 5.32 Å². The molecule has 0 aliphatic heterocycles. The van der Waals surface area contributed by atoms with Crippen molar-refractivity contribution in [3.8, 4) is 5.75 Å². The number of amides is 2. The van der Waals surface area contributed by atoms with Crippen LogP contribution in [0.5, 0.6) is 5.75 Å². The van der Waals surface area contributed by atoms with Gasteiger partial charge < -0.3 is 19.4 Å². The van der Waals surface area contributed by atoms with Crippen LogP contribution in [-0.4, -0.2) is 37.4 Å². The largest absolute Gasteiger partial charge is 0.484 e. The van der Waals surface area contributed by atoms with Gasteiger partial charge in [-0.15, -0.1) is 0 Å². The number of benzene rings is 2. The van der Waals surface area contributed by atoms with Crippen molar-refractivity contribution in [3.63, 3.8) is 0 Å². The molecule has 4 rings (SSSR count). The Morgan fingerprint density at radius 2 is 1.84 bits per heavy atom. The van der Waals surface area contributed by atoms with Crippen LogP contribution in [0.15, 0.2) is 51.7 Å². The first-order chi connectivity index (χ1) is 15.0. The van der Waals surface area contributed by atoms with E-state index in [1.807, 2.05) is 18.2 Å². The summed E-state index contributed by atoms with van der Waals surface area (Å²) in [5.41, 5.74) is 3.52. The van der Waals surface area contributed by atoms with Gasteiger partial charge in [0.1, 0.15) is 11.3 Å². The van der Waals surface area contributed by atoms with Crippen molar-refractivity contribution in [2.24, 2.45) is 0 Å². The van der Waals surface area contributed by atoms with Crippen LogP contribution < -0.4 is 15.7 Å². The van der Waals surface area contributed by atoms with Gasteiger partial charge in [0.2, 0.25) is 0 Å². The van der Waals surface area contributed by atoms with E-state index in [4.69, 9.17) is 9.15 Å². The maximum Gasteiger partial charge on any atom is 0.339 e. The summed E-state index contributed by atoms with van der Waals surface area (Å²) in [7, 11) is 3.28. The lowest BCUT2D eigenvalue weighted by molar-refractivity contribution is -0.132. The highest BCUT2D eigenvalue weighted by atomic mass is 16.5. The zero-order chi connectivity index (χ0) is 22.0. The minimum atomic E-state index is -0.282. The van der Waals surface area contributed by atoms with Gasteiger partial charge in [0, 0.05) is 43.2 Å². The number of hydrogen-bond donors (Lipinski definition) is 1. The molecule has 1 aliphatic carbocycles. The summed E-state index contributed by atoms with van der Waals surface area (Å²) in [6.45, 7) is 0.266. The van der Waals surface area contributed by atoms with Gasteiger partial charge in [-0.1, -0.05) is 12.1 Å². The lowest BCUT2D eigenvalue weighted by Crippen LogP contribution is -2.31. The Morgan fingerprint density at radius 1 is 1.10 bits per heavy atom. The van der Waals surface area contributed by atoms with Crippen molar-refractivity contribution in [1.29, 1.82) is 0 Å². The van der Waals surface area contributed by atoms with Crippen LogP contribution >= 0.6 is 0 Å². The Kier molecular flexibility index (Phi) is 5.75. The van der Waals surface area contributed by atoms with Crippen LogP contribution in [0.2, 0.25) is 0 Å². The minimum absolute atomic E-state index is 0.131. The van der Waals surface area contributed by atoms with Crippen molar-refractivity contribution in [2.45, 2.75) is 25.8 Å². The highest BCUT2D eigenvalue weighted by Crippen LogP contribution is 2.29. The lowest BCUT2D eigenvalue weighted by Gasteiger charge is -2.18. The average molecular weight is 420 g/mol. The fraction of sp³-hybridized carbons (Fsp3) is 0.292. The molecule has 0 unspecified atom stereocenters. The predicted molar refractivity (Wildman–Crippen MR) is 116 cm³/mol. The quantitative estimate of drug-likeness (QED) is 0.620. The Balaban J connectivity index is 1.39. The van der Waals surface area contributed by atoms with Gasteiger partial charge in [0.15, 0.2) is 6.61 Å². The van der Waals surface area contributed by atoms with Crippen molar-refractivity contribution in [3.05, 3.63) is 75.1 Å². The molecule has 1 aromatic heterocycles. The van der Waals surface area contributed by atoms with Crippen LogP contribution in [0.25, 0.3) is 11.0 Å². The zero-order valence-electron chi connectivity index (χ0n) is 17.6. The number of rotatable bonds is 6. The number of ether oxygens (including phenoxy) is 1. The molecule has 7 nitrogen and oxygen atoms in total. The van der Waals surface area contributed by atoms with Crippen molar-refractivity contribution in [2.75, 3.05) is 20.7 Å². The van der Waals surface area contributed by atoms with Crippen molar-refractivity contribution >= 4 is 22.8 Å². The van der Waals surface area contributed by atoms with Crippen LogP contribution in [0.1, 0.15) is 33.5 Å². The SMILES string of the molecule is CNC(=O)c1ccc(CN(C)C(=O)COc2ccc3c4c(c(=O)oc3c2)CCC4)cc1. The maximum atomic E-state index is 12.5. The number of fused-ring (bicyclic) bond motifs is 3. The molecular weight excluding hydrogens is 396 g/mol. The van der Waals surface area contributed by atoms with Gasteiger partial charge in [-0.25, -0.2) is 4.79 Å². The summed E-state index contributed by atoms with van der Waals surface area (Å²) in [6, 6.07) is 12.4. The predicted octanol–water partition coefficient (Wildman–Crippen LogP) is 2.68. The Labute approximate surface area is 179 Å². The molecule has 0 spiro atoms. The number of aryl methyl sites for hydroxylation is 1. The molecule has 0 radical (unpaired) electrons. The van der Waals surface area contributed by atoms with Crippen LogP contribution in [0.4, 0.5) is 0 Å². The van der Waals surface area contributed by atoms with E-state index in [9.17, 15) is 14.4 Å². The van der Waals surface area contributed by atoms with Crippen molar-refractivity contribution < 1.29 is 18.7 Å². The number of carbonyl (C=O) groups excluding carboxylic acids is 2. The fourth-order valence-electron chi connectivity index (χ4n) is 3.88. The second-order valence-corrected chi connectivity index (χ2v) is 7.67. The molecule has 0 saturated heterocycles. The Morgan fingerprint density at radius 3 is 2.58 bits per heavy atom. The number of nitrogens with one attached hydrogen (secondary N) is 1. The third-order valence-electron chi connectivity index (χ3n) is 5.60. The number of carbonyl (C=O) groups is 2. The molecule has 2 aromatic carbocycles. The van der Waals surface area contributed by atoms with Gasteiger partial charge >= 0.3 is 5.63 Å². The van der Waals surface area contributed by atoms with Gasteiger partial charge in [0.05, 0.1) is 0 Å². The molecule has 1 N–H and O–H groups in total. The monoisotopic (exact) mass is 420 g/mol. The van der Waals surface area contributed by atoms with E-state index in [1.165, 1.54) is 0 Å². The third-order valence-corrected chi connectivity index (χ3v) is 5.60. The first kappa shape index (κ1) is 20.7. The molecule has 0 saturated carbocycles. The standard InChI is InChI=1S/C24H24N2O5/c1-25-23(28)16-8-6-15(7-9-16)13-26(2)22(27)14-30-17-10-11-19-18-4-3-5-20(18)24(29)31-21(19)12-17/h6-12H,3-5,13-14H2,1-2H3,(H,25,28). The number of nitrogens with zero attached hydrogens (tertiary/aromatic N) is 1. The Bertz CT molecular complexity index is 1200. The summed E-state index contributed by atoms with van der Waals surface area (Å²) in [5, 5.41) is 3.51. The molecule has 1 aliphatic rings. The molecule has 0 atom stereocenters. The van der Waals surface area contributed by atoms with Gasteiger partial charge in [-0.2, -0.15) is 0 Å². The average Bonchev–Trinajstić information content (AvgIpc) is 3.28. The van der Waals surface area contributed by atoms with E-state index in [0.717, 1.165) is 41.3 Å². The molecule has 3 aromatic rings. The first-order valence-electron chi connectivity index (χ1n) is 10.2. The first-order valence-corrected chi connectivity index (χ1v) is 10.2. The molecule has 2 amide bonds. The molecule has 0 bridgehead atoms. The van der Waals surface area contributed by atoms with Gasteiger partial charge in [-0.05, 0) is 54.7 Å². The Hall–Kier alpha value is -3.61. The molecule has 1 heterocycles. The van der Waals surface area contributed by atoms with Gasteiger partial charge in [-0.3, -0.25) is 9.59 Å². The fourth-order valence-corrected chi connectivity index (χ4v) is 3.88. The van der Waals surface area contributed by atoms with E-state index in [0.29, 0.717) is 23.4 Å². The summed E-state index contributed by atoms with van der Waals surface area (Å²) in [6.07, 6.45) is 2.61. The molecule has 160 valence electrons. The topological polar surface area (TPSA) is 88.9 Å². The van der Waals surface area contributed by atoms with E-state index in [1.54, 1.807) is 43.3 Å². The highest BCUT2D eigenvalue weighted by Gasteiger charge is 2.20. The summed E-state index contributed by atoms with van der Waals surface area (Å²) < 4.78 is 11.1. The van der Waals surface area contributed by atoms with E-state index in [-0.39, 0.29) is 24.0 Å². The lowest BCUT2D eigenvalue weighted by atomic mass is 10.1. The second kappa shape index (κ2) is 8.63. The molecule has 7 heteroatoms. The molecule has 0 fully saturated rings. The third kappa shape index (κ3) is 4.30.